The van der Waals surface area contributed by atoms with Gasteiger partial charge in [-0.05, 0) is 36.8 Å². The summed E-state index contributed by atoms with van der Waals surface area (Å²) >= 11 is 0. The number of anilines is 1. The Balaban J connectivity index is 1.79. The van der Waals surface area contributed by atoms with Crippen LogP contribution < -0.4 is 14.8 Å². The number of ether oxygens (including phenoxy) is 2. The van der Waals surface area contributed by atoms with E-state index in [0.717, 1.165) is 17.1 Å². The van der Waals surface area contributed by atoms with Gasteiger partial charge >= 0.3 is 6.61 Å². The molecule has 0 bridgehead atoms. The van der Waals surface area contributed by atoms with E-state index < -0.39 is 6.61 Å². The summed E-state index contributed by atoms with van der Waals surface area (Å²) in [6.07, 6.45) is 3.31. The van der Waals surface area contributed by atoms with Crippen LogP contribution in [0.5, 0.6) is 11.6 Å². The van der Waals surface area contributed by atoms with E-state index in [1.54, 1.807) is 11.8 Å². The summed E-state index contributed by atoms with van der Waals surface area (Å²) in [5.41, 5.74) is 2.29. The van der Waals surface area contributed by atoms with Gasteiger partial charge in [-0.3, -0.25) is 4.79 Å². The van der Waals surface area contributed by atoms with Crippen LogP contribution in [-0.4, -0.2) is 34.4 Å². The van der Waals surface area contributed by atoms with E-state index >= 15 is 0 Å². The molecule has 7 nitrogen and oxygen atoms in total. The third-order valence-electron chi connectivity index (χ3n) is 3.97. The Morgan fingerprint density at radius 3 is 2.50 bits per heavy atom. The molecule has 1 aromatic carbocycles. The molecule has 0 fully saturated rings. The van der Waals surface area contributed by atoms with Crippen molar-refractivity contribution in [3.8, 4) is 17.3 Å². The van der Waals surface area contributed by atoms with Crippen LogP contribution in [0, 0.1) is 0 Å². The highest BCUT2D eigenvalue weighted by Crippen LogP contribution is 2.20. The lowest BCUT2D eigenvalue weighted by atomic mass is 10.2. The lowest BCUT2D eigenvalue weighted by Crippen LogP contribution is -2.14. The number of nitrogens with zero attached hydrogens (tertiary/aromatic N) is 3. The molecule has 0 atom stereocenters. The Morgan fingerprint density at radius 2 is 1.93 bits per heavy atom. The largest absolute Gasteiger partial charge is 0.497 e. The number of carbonyl (C=O) groups is 1. The molecule has 3 aromatic rings. The summed E-state index contributed by atoms with van der Waals surface area (Å²) < 4.78 is 35.4. The second kappa shape index (κ2) is 8.47. The minimum atomic E-state index is -2.95. The normalized spacial score (nSPS) is 10.8. The van der Waals surface area contributed by atoms with Gasteiger partial charge in [-0.1, -0.05) is 6.92 Å². The molecule has 0 unspecified atom stereocenters. The van der Waals surface area contributed by atoms with Gasteiger partial charge in [-0.15, -0.1) is 0 Å². The van der Waals surface area contributed by atoms with Gasteiger partial charge in [0.1, 0.15) is 5.75 Å². The molecule has 1 amide bonds. The van der Waals surface area contributed by atoms with Crippen molar-refractivity contribution in [2.75, 3.05) is 12.4 Å². The standard InChI is InChI=1S/C19H18F2N4O3/c1-3-16-15(11-23-25(16)13-5-7-14(27-2)8-6-13)18(26)24-12-4-9-17(22-10-12)28-19(20)21/h4-11,19H,3H2,1-2H3,(H,24,26). The van der Waals surface area contributed by atoms with Crippen molar-refractivity contribution in [1.29, 1.82) is 0 Å². The number of nitrogens with one attached hydrogen (secondary N) is 1. The number of hydrogen-bond acceptors (Lipinski definition) is 5. The van der Waals surface area contributed by atoms with Crippen LogP contribution in [0.4, 0.5) is 14.5 Å². The highest BCUT2D eigenvalue weighted by atomic mass is 19.3. The molecular weight excluding hydrogens is 370 g/mol. The van der Waals surface area contributed by atoms with Gasteiger partial charge in [0.25, 0.3) is 5.91 Å². The summed E-state index contributed by atoms with van der Waals surface area (Å²) in [5.74, 6) is 0.120. The SMILES string of the molecule is CCc1c(C(=O)Nc2ccc(OC(F)F)nc2)cnn1-c1ccc(OC)cc1. The van der Waals surface area contributed by atoms with Gasteiger partial charge in [0.15, 0.2) is 0 Å². The average molecular weight is 388 g/mol. The molecule has 0 saturated heterocycles. The first kappa shape index (κ1) is 19.3. The molecule has 0 aliphatic carbocycles. The number of rotatable bonds is 7. The molecule has 0 aliphatic heterocycles. The summed E-state index contributed by atoms with van der Waals surface area (Å²) in [6, 6.07) is 10.00. The Kier molecular flexibility index (Phi) is 5.83. The quantitative estimate of drug-likeness (QED) is 0.668. The van der Waals surface area contributed by atoms with Crippen molar-refractivity contribution in [1.82, 2.24) is 14.8 Å². The predicted molar refractivity (Wildman–Crippen MR) is 98.3 cm³/mol. The van der Waals surface area contributed by atoms with Crippen LogP contribution >= 0.6 is 0 Å². The lowest BCUT2D eigenvalue weighted by molar-refractivity contribution is -0.0528. The second-order valence-corrected chi connectivity index (χ2v) is 5.69. The molecule has 146 valence electrons. The molecule has 2 heterocycles. The van der Waals surface area contributed by atoms with Gasteiger partial charge in [0, 0.05) is 6.07 Å². The topological polar surface area (TPSA) is 78.3 Å². The smallest absolute Gasteiger partial charge is 0.388 e. The summed E-state index contributed by atoms with van der Waals surface area (Å²) in [6.45, 7) is -1.03. The van der Waals surface area contributed by atoms with Crippen LogP contribution in [0.3, 0.4) is 0 Å². The first-order valence-corrected chi connectivity index (χ1v) is 8.45. The molecule has 2 aromatic heterocycles. The van der Waals surface area contributed by atoms with E-state index in [9.17, 15) is 13.6 Å². The number of methoxy groups -OCH3 is 1. The number of aromatic nitrogens is 3. The van der Waals surface area contributed by atoms with E-state index in [0.29, 0.717) is 17.7 Å². The van der Waals surface area contributed by atoms with E-state index in [1.807, 2.05) is 31.2 Å². The van der Waals surface area contributed by atoms with E-state index in [4.69, 9.17) is 4.74 Å². The van der Waals surface area contributed by atoms with Crippen molar-refractivity contribution in [3.05, 3.63) is 60.0 Å². The van der Waals surface area contributed by atoms with Gasteiger partial charge in [-0.2, -0.15) is 13.9 Å². The van der Waals surface area contributed by atoms with E-state index in [1.165, 1.54) is 24.5 Å². The average Bonchev–Trinajstić information content (AvgIpc) is 3.13. The van der Waals surface area contributed by atoms with Gasteiger partial charge in [-0.25, -0.2) is 9.67 Å². The number of alkyl halides is 2. The molecule has 0 spiro atoms. The van der Waals surface area contributed by atoms with Crippen molar-refractivity contribution in [3.63, 3.8) is 0 Å². The zero-order chi connectivity index (χ0) is 20.1. The van der Waals surface area contributed by atoms with Crippen molar-refractivity contribution in [2.24, 2.45) is 0 Å². The Hall–Kier alpha value is -3.49. The van der Waals surface area contributed by atoms with E-state index in [-0.39, 0.29) is 11.8 Å². The van der Waals surface area contributed by atoms with Crippen molar-refractivity contribution < 1.29 is 23.0 Å². The fourth-order valence-corrected chi connectivity index (χ4v) is 2.66. The molecular formula is C19H18F2N4O3. The number of amides is 1. The fraction of sp³-hybridized carbons (Fsp3) is 0.211. The number of halogens is 2. The Morgan fingerprint density at radius 1 is 1.18 bits per heavy atom. The minimum absolute atomic E-state index is 0.227. The highest BCUT2D eigenvalue weighted by molar-refractivity contribution is 6.05. The molecule has 0 saturated carbocycles. The molecule has 9 heteroatoms. The number of hydrogen-bond donors (Lipinski definition) is 1. The number of pyridine rings is 1. The fourth-order valence-electron chi connectivity index (χ4n) is 2.66. The first-order valence-electron chi connectivity index (χ1n) is 8.45. The first-order chi connectivity index (χ1) is 13.5. The van der Waals surface area contributed by atoms with Gasteiger partial charge in [0.2, 0.25) is 5.88 Å². The van der Waals surface area contributed by atoms with Crippen molar-refractivity contribution >= 4 is 11.6 Å². The third-order valence-corrected chi connectivity index (χ3v) is 3.97. The highest BCUT2D eigenvalue weighted by Gasteiger charge is 2.18. The summed E-state index contributed by atoms with van der Waals surface area (Å²) in [5, 5.41) is 7.00. The van der Waals surface area contributed by atoms with Crippen LogP contribution in [-0.2, 0) is 6.42 Å². The monoisotopic (exact) mass is 388 g/mol. The molecule has 28 heavy (non-hydrogen) atoms. The maximum absolute atomic E-state index is 12.6. The zero-order valence-corrected chi connectivity index (χ0v) is 15.2. The maximum atomic E-state index is 12.6. The van der Waals surface area contributed by atoms with Gasteiger partial charge in [0.05, 0.1) is 42.1 Å². The molecule has 0 radical (unpaired) electrons. The summed E-state index contributed by atoms with van der Waals surface area (Å²) in [7, 11) is 1.59. The zero-order valence-electron chi connectivity index (χ0n) is 15.2. The molecule has 3 rings (SSSR count). The van der Waals surface area contributed by atoms with Crippen LogP contribution in [0.15, 0.2) is 48.8 Å². The number of benzene rings is 1. The van der Waals surface area contributed by atoms with Crippen molar-refractivity contribution in [2.45, 2.75) is 20.0 Å². The second-order valence-electron chi connectivity index (χ2n) is 5.69. The van der Waals surface area contributed by atoms with Crippen LogP contribution in [0.1, 0.15) is 23.0 Å². The lowest BCUT2D eigenvalue weighted by Gasteiger charge is -2.09. The summed E-state index contributed by atoms with van der Waals surface area (Å²) in [4.78, 5) is 16.4. The van der Waals surface area contributed by atoms with Crippen LogP contribution in [0.25, 0.3) is 5.69 Å². The molecule has 0 aliphatic rings. The van der Waals surface area contributed by atoms with E-state index in [2.05, 4.69) is 20.1 Å². The number of carbonyl (C=O) groups excluding carboxylic acids is 1. The maximum Gasteiger partial charge on any atom is 0.388 e. The van der Waals surface area contributed by atoms with Crippen LogP contribution in [0.2, 0.25) is 0 Å². The minimum Gasteiger partial charge on any atom is -0.497 e. The Bertz CT molecular complexity index is 941. The Labute approximate surface area is 159 Å². The predicted octanol–water partition coefficient (Wildman–Crippen LogP) is 3.69. The molecule has 1 N–H and O–H groups in total. The third kappa shape index (κ3) is 4.25. The van der Waals surface area contributed by atoms with Gasteiger partial charge < -0.3 is 14.8 Å².